The summed E-state index contributed by atoms with van der Waals surface area (Å²) in [5.74, 6) is 0.513. The monoisotopic (exact) mass is 448 g/mol. The first-order valence-electron chi connectivity index (χ1n) is 11.9. The van der Waals surface area contributed by atoms with Crippen molar-refractivity contribution in [3.8, 4) is 11.4 Å². The molecule has 4 atom stereocenters. The molecule has 1 aromatic heterocycles. The lowest BCUT2D eigenvalue weighted by atomic mass is 9.90. The molecule has 7 heteroatoms. The van der Waals surface area contributed by atoms with Gasteiger partial charge in [0.1, 0.15) is 5.82 Å². The van der Waals surface area contributed by atoms with E-state index in [2.05, 4.69) is 10.00 Å². The van der Waals surface area contributed by atoms with Gasteiger partial charge in [0.05, 0.1) is 12.7 Å². The smallest absolute Gasteiger partial charge is 0.345 e. The molecule has 0 bridgehead atoms. The van der Waals surface area contributed by atoms with Crippen LogP contribution in [0.4, 0.5) is 4.39 Å². The Labute approximate surface area is 192 Å². The molecule has 2 heterocycles. The largest absolute Gasteiger partial charge is 0.373 e. The van der Waals surface area contributed by atoms with Crippen LogP contribution in [0.5, 0.6) is 0 Å². The van der Waals surface area contributed by atoms with Gasteiger partial charge in [-0.1, -0.05) is 48.5 Å². The fourth-order valence-electron chi connectivity index (χ4n) is 6.19. The molecule has 3 aromatic rings. The molecule has 3 aliphatic rings. The maximum Gasteiger partial charge on any atom is 0.345 e. The molecule has 6 rings (SSSR count). The molecular formula is C26H29FN4O2. The fourth-order valence-corrected chi connectivity index (χ4v) is 6.19. The Morgan fingerprint density at radius 1 is 1.06 bits per heavy atom. The Morgan fingerprint density at radius 3 is 2.67 bits per heavy atom. The third-order valence-corrected chi connectivity index (χ3v) is 7.93. The summed E-state index contributed by atoms with van der Waals surface area (Å²) in [5.41, 5.74) is 1.95. The van der Waals surface area contributed by atoms with Gasteiger partial charge in [0.15, 0.2) is 5.82 Å². The van der Waals surface area contributed by atoms with Crippen LogP contribution in [0.15, 0.2) is 59.4 Å². The molecule has 0 N–H and O–H groups in total. The van der Waals surface area contributed by atoms with Crippen molar-refractivity contribution in [3.63, 3.8) is 0 Å². The van der Waals surface area contributed by atoms with E-state index in [0.29, 0.717) is 42.0 Å². The fraction of sp³-hybridized carbons (Fsp3) is 0.462. The van der Waals surface area contributed by atoms with Gasteiger partial charge in [-0.3, -0.25) is 9.47 Å². The summed E-state index contributed by atoms with van der Waals surface area (Å²) in [6.07, 6.45) is 4.46. The van der Waals surface area contributed by atoms with E-state index in [1.165, 1.54) is 12.5 Å². The molecule has 4 unspecified atom stereocenters. The summed E-state index contributed by atoms with van der Waals surface area (Å²) in [6.45, 7) is 1.94. The normalized spacial score (nSPS) is 27.8. The summed E-state index contributed by atoms with van der Waals surface area (Å²) in [4.78, 5) is 15.2. The van der Waals surface area contributed by atoms with Crippen molar-refractivity contribution in [2.75, 3.05) is 6.54 Å². The van der Waals surface area contributed by atoms with Crippen LogP contribution in [0, 0.1) is 11.2 Å². The molecule has 6 nitrogen and oxygen atoms in total. The highest BCUT2D eigenvalue weighted by atomic mass is 19.1. The molecule has 1 aliphatic heterocycles. The van der Waals surface area contributed by atoms with Crippen molar-refractivity contribution in [2.45, 2.75) is 57.0 Å². The Bertz CT molecular complexity index is 1220. The van der Waals surface area contributed by atoms with Crippen molar-refractivity contribution < 1.29 is 9.13 Å². The number of halogens is 1. The number of aromatic nitrogens is 3. The molecule has 0 radical (unpaired) electrons. The van der Waals surface area contributed by atoms with E-state index in [0.717, 1.165) is 31.4 Å². The molecular weight excluding hydrogens is 419 g/mol. The van der Waals surface area contributed by atoms with E-state index in [4.69, 9.17) is 4.74 Å². The van der Waals surface area contributed by atoms with E-state index in [1.807, 2.05) is 36.4 Å². The number of likely N-dealkylation sites (tertiary alicyclic amines) is 1. The molecule has 33 heavy (non-hydrogen) atoms. The highest BCUT2D eigenvalue weighted by Gasteiger charge is 2.75. The number of benzene rings is 2. The Balaban J connectivity index is 1.03. The van der Waals surface area contributed by atoms with Gasteiger partial charge in [0.25, 0.3) is 0 Å². The molecule has 2 aromatic carbocycles. The second kappa shape index (κ2) is 7.92. The number of hydrogen-bond donors (Lipinski definition) is 0. The van der Waals surface area contributed by atoms with Crippen LogP contribution >= 0.6 is 0 Å². The highest BCUT2D eigenvalue weighted by molar-refractivity contribution is 5.54. The maximum absolute atomic E-state index is 13.9. The zero-order chi connectivity index (χ0) is 22.6. The van der Waals surface area contributed by atoms with Gasteiger partial charge in [0, 0.05) is 48.8 Å². The van der Waals surface area contributed by atoms with Gasteiger partial charge in [0.2, 0.25) is 0 Å². The minimum absolute atomic E-state index is 0.0688. The average molecular weight is 449 g/mol. The summed E-state index contributed by atoms with van der Waals surface area (Å²) in [6, 6.07) is 17.9. The van der Waals surface area contributed by atoms with E-state index in [1.54, 1.807) is 28.4 Å². The van der Waals surface area contributed by atoms with Crippen LogP contribution in [-0.4, -0.2) is 44.0 Å². The van der Waals surface area contributed by atoms with Crippen molar-refractivity contribution in [2.24, 2.45) is 12.5 Å². The second-order valence-electron chi connectivity index (χ2n) is 9.78. The lowest BCUT2D eigenvalue weighted by Crippen LogP contribution is -2.53. The number of ether oxygens (including phenoxy) is 1. The lowest BCUT2D eigenvalue weighted by molar-refractivity contribution is 0.0305. The van der Waals surface area contributed by atoms with Crippen LogP contribution < -0.4 is 5.69 Å². The topological polar surface area (TPSA) is 52.3 Å². The molecule has 0 amide bonds. The molecule has 3 fully saturated rings. The SMILES string of the molecule is Cn1c(-c2ccccc2)nn(CCCN2C3CC(OCc4ccccc4F)CC34CC24)c1=O. The average Bonchev–Trinajstić information content (AvgIpc) is 3.21. The van der Waals surface area contributed by atoms with Gasteiger partial charge in [-0.15, -0.1) is 5.10 Å². The molecule has 172 valence electrons. The molecule has 1 spiro atoms. The van der Waals surface area contributed by atoms with Crippen LogP contribution in [0.1, 0.15) is 31.2 Å². The van der Waals surface area contributed by atoms with Crippen molar-refractivity contribution in [1.82, 2.24) is 19.2 Å². The lowest BCUT2D eigenvalue weighted by Gasteiger charge is -2.43. The van der Waals surface area contributed by atoms with Crippen LogP contribution in [0.2, 0.25) is 0 Å². The third-order valence-electron chi connectivity index (χ3n) is 7.93. The van der Waals surface area contributed by atoms with Gasteiger partial charge < -0.3 is 4.74 Å². The standard InChI is InChI=1S/C26H29FN4O2/c1-29-24(18-8-3-2-4-9-18)28-31(25(29)32)13-7-12-30-22-14-20(15-26(22)16-23(26)30)33-17-19-10-5-6-11-21(19)27/h2-6,8-11,20,22-23H,7,12-17H2,1H3. The first-order valence-corrected chi connectivity index (χ1v) is 11.9. The molecule has 1 saturated heterocycles. The Kier molecular flexibility index (Phi) is 4.99. The van der Waals surface area contributed by atoms with Gasteiger partial charge >= 0.3 is 5.69 Å². The van der Waals surface area contributed by atoms with Gasteiger partial charge in [-0.05, 0) is 31.7 Å². The maximum atomic E-state index is 13.9. The van der Waals surface area contributed by atoms with Gasteiger partial charge in [-0.25, -0.2) is 13.9 Å². The summed E-state index contributed by atoms with van der Waals surface area (Å²) >= 11 is 0. The minimum atomic E-state index is -0.192. The number of aryl methyl sites for hydroxylation is 1. The number of hydrogen-bond acceptors (Lipinski definition) is 4. The molecule has 2 aliphatic carbocycles. The zero-order valence-electron chi connectivity index (χ0n) is 18.9. The van der Waals surface area contributed by atoms with Crippen molar-refractivity contribution in [1.29, 1.82) is 0 Å². The first kappa shape index (κ1) is 20.8. The van der Waals surface area contributed by atoms with E-state index in [9.17, 15) is 9.18 Å². The predicted molar refractivity (Wildman–Crippen MR) is 123 cm³/mol. The van der Waals surface area contributed by atoms with E-state index < -0.39 is 0 Å². The minimum Gasteiger partial charge on any atom is -0.373 e. The van der Waals surface area contributed by atoms with Crippen LogP contribution in [0.25, 0.3) is 11.4 Å². The van der Waals surface area contributed by atoms with Crippen molar-refractivity contribution >= 4 is 0 Å². The number of nitrogens with zero attached hydrogens (tertiary/aromatic N) is 4. The van der Waals surface area contributed by atoms with E-state index in [-0.39, 0.29) is 17.6 Å². The summed E-state index contributed by atoms with van der Waals surface area (Å²) in [5, 5.41) is 4.59. The molecule has 2 saturated carbocycles. The Morgan fingerprint density at radius 2 is 1.85 bits per heavy atom. The van der Waals surface area contributed by atoms with Gasteiger partial charge in [-0.2, -0.15) is 0 Å². The van der Waals surface area contributed by atoms with Crippen LogP contribution in [0.3, 0.4) is 0 Å². The van der Waals surface area contributed by atoms with E-state index >= 15 is 0 Å². The Hall–Kier alpha value is -2.77. The predicted octanol–water partition coefficient (Wildman–Crippen LogP) is 3.60. The van der Waals surface area contributed by atoms with Crippen LogP contribution in [-0.2, 0) is 24.9 Å². The summed E-state index contributed by atoms with van der Waals surface area (Å²) in [7, 11) is 1.78. The summed E-state index contributed by atoms with van der Waals surface area (Å²) < 4.78 is 23.2. The quantitative estimate of drug-likeness (QED) is 0.529. The number of rotatable bonds is 8. The highest BCUT2D eigenvalue weighted by Crippen LogP contribution is 2.70. The third kappa shape index (κ3) is 3.45. The first-order chi connectivity index (χ1) is 16.1. The van der Waals surface area contributed by atoms with Crippen molar-refractivity contribution in [3.05, 3.63) is 76.5 Å². The second-order valence-corrected chi connectivity index (χ2v) is 9.78. The zero-order valence-corrected chi connectivity index (χ0v) is 18.9.